The van der Waals surface area contributed by atoms with E-state index in [1.165, 1.54) is 0 Å². The van der Waals surface area contributed by atoms with E-state index in [1.807, 2.05) is 35.0 Å². The molecule has 0 radical (unpaired) electrons. The summed E-state index contributed by atoms with van der Waals surface area (Å²) in [6, 6.07) is 11.3. The van der Waals surface area contributed by atoms with Gasteiger partial charge in [0.2, 0.25) is 0 Å². The van der Waals surface area contributed by atoms with Crippen LogP contribution in [0.15, 0.2) is 40.9 Å². The number of fused-ring (bicyclic) bond motifs is 1. The molecule has 2 aromatic carbocycles. The van der Waals surface area contributed by atoms with E-state index in [0.29, 0.717) is 10.0 Å². The molecule has 0 fully saturated rings. The summed E-state index contributed by atoms with van der Waals surface area (Å²) in [5.74, 6) is 1.75. The molecule has 0 spiro atoms. The molecule has 1 aliphatic heterocycles. The van der Waals surface area contributed by atoms with Crippen LogP contribution in [0.3, 0.4) is 0 Å². The Bertz CT molecular complexity index is 951. The van der Waals surface area contributed by atoms with Crippen LogP contribution >= 0.6 is 39.1 Å². The normalized spacial score (nSPS) is 12.8. The lowest BCUT2D eigenvalue weighted by Crippen LogP contribution is -2.04. The van der Waals surface area contributed by atoms with Crippen molar-refractivity contribution in [3.63, 3.8) is 0 Å². The molecule has 0 unspecified atom stereocenters. The van der Waals surface area contributed by atoms with Gasteiger partial charge in [-0.2, -0.15) is 5.10 Å². The lowest BCUT2D eigenvalue weighted by Gasteiger charge is -2.09. The number of anilines is 1. The molecule has 1 aromatic heterocycles. The lowest BCUT2D eigenvalue weighted by molar-refractivity contribution is 0.416. The van der Waals surface area contributed by atoms with Crippen LogP contribution in [0, 0.1) is 0 Å². The molecule has 0 bridgehead atoms. The number of halogens is 3. The van der Waals surface area contributed by atoms with Gasteiger partial charge in [-0.05, 0) is 42.8 Å². The average molecular weight is 439 g/mol. The van der Waals surface area contributed by atoms with Gasteiger partial charge in [0.25, 0.3) is 0 Å². The van der Waals surface area contributed by atoms with Gasteiger partial charge in [0.15, 0.2) is 0 Å². The highest BCUT2D eigenvalue weighted by molar-refractivity contribution is 9.10. The SMILES string of the molecule is COc1ccc(Br)cc1-c1nn(-c2cc(Cl)cc(Cl)c2)c2c1CCN2. The van der Waals surface area contributed by atoms with Crippen LogP contribution in [0.5, 0.6) is 5.75 Å². The zero-order valence-electron chi connectivity index (χ0n) is 13.3. The van der Waals surface area contributed by atoms with E-state index in [-0.39, 0.29) is 0 Å². The van der Waals surface area contributed by atoms with Gasteiger partial charge < -0.3 is 10.1 Å². The van der Waals surface area contributed by atoms with E-state index in [0.717, 1.165) is 51.5 Å². The Hall–Kier alpha value is -1.69. The van der Waals surface area contributed by atoms with E-state index >= 15 is 0 Å². The summed E-state index contributed by atoms with van der Waals surface area (Å²) in [4.78, 5) is 0. The summed E-state index contributed by atoms with van der Waals surface area (Å²) in [6.07, 6.45) is 0.897. The Morgan fingerprint density at radius 2 is 1.92 bits per heavy atom. The molecular weight excluding hydrogens is 425 g/mol. The van der Waals surface area contributed by atoms with Gasteiger partial charge in [-0.25, -0.2) is 4.68 Å². The third kappa shape index (κ3) is 3.01. The lowest BCUT2D eigenvalue weighted by atomic mass is 10.1. The predicted molar refractivity (Wildman–Crippen MR) is 105 cm³/mol. The number of rotatable bonds is 3. The predicted octanol–water partition coefficient (Wildman–Crippen LogP) is 5.59. The van der Waals surface area contributed by atoms with Crippen LogP contribution in [-0.4, -0.2) is 23.4 Å². The second-order valence-corrected chi connectivity index (χ2v) is 7.53. The van der Waals surface area contributed by atoms with Crippen LogP contribution < -0.4 is 10.1 Å². The van der Waals surface area contributed by atoms with Crippen molar-refractivity contribution in [1.29, 1.82) is 0 Å². The summed E-state index contributed by atoms with van der Waals surface area (Å²) < 4.78 is 8.37. The Kier molecular flexibility index (Phi) is 4.40. The molecule has 1 aliphatic rings. The first kappa shape index (κ1) is 16.8. The van der Waals surface area contributed by atoms with Crippen molar-refractivity contribution in [2.24, 2.45) is 0 Å². The fraction of sp³-hybridized carbons (Fsp3) is 0.167. The maximum absolute atomic E-state index is 6.17. The number of benzene rings is 2. The van der Waals surface area contributed by atoms with E-state index in [1.54, 1.807) is 13.2 Å². The number of nitrogens with one attached hydrogen (secondary N) is 1. The summed E-state index contributed by atoms with van der Waals surface area (Å²) in [5.41, 5.74) is 3.83. The van der Waals surface area contributed by atoms with E-state index in [9.17, 15) is 0 Å². The molecule has 2 heterocycles. The highest BCUT2D eigenvalue weighted by Gasteiger charge is 2.26. The van der Waals surface area contributed by atoms with Crippen LogP contribution in [0.4, 0.5) is 5.82 Å². The fourth-order valence-electron chi connectivity index (χ4n) is 3.10. The molecule has 1 N–H and O–H groups in total. The minimum atomic E-state index is 0.575. The zero-order chi connectivity index (χ0) is 17.6. The van der Waals surface area contributed by atoms with Crippen molar-refractivity contribution in [1.82, 2.24) is 9.78 Å². The molecule has 128 valence electrons. The Morgan fingerprint density at radius 1 is 1.16 bits per heavy atom. The van der Waals surface area contributed by atoms with Gasteiger partial charge in [0, 0.05) is 32.2 Å². The smallest absolute Gasteiger partial charge is 0.133 e. The van der Waals surface area contributed by atoms with Crippen molar-refractivity contribution in [2.75, 3.05) is 19.0 Å². The molecule has 4 rings (SSSR count). The monoisotopic (exact) mass is 437 g/mol. The van der Waals surface area contributed by atoms with Crippen LogP contribution in [0.2, 0.25) is 10.0 Å². The summed E-state index contributed by atoms with van der Waals surface area (Å²) in [5, 5.41) is 9.40. The molecule has 0 saturated carbocycles. The van der Waals surface area contributed by atoms with Gasteiger partial charge in [-0.3, -0.25) is 0 Å². The van der Waals surface area contributed by atoms with Gasteiger partial charge in [-0.15, -0.1) is 0 Å². The van der Waals surface area contributed by atoms with Gasteiger partial charge >= 0.3 is 0 Å². The molecule has 0 atom stereocenters. The standard InChI is InChI=1S/C18H14BrCl2N3O/c1-25-16-3-2-10(19)6-15(16)17-14-4-5-22-18(14)24(23-17)13-8-11(20)7-12(21)9-13/h2-3,6-9,22H,4-5H2,1H3. The molecular formula is C18H14BrCl2N3O. The second kappa shape index (κ2) is 6.56. The second-order valence-electron chi connectivity index (χ2n) is 5.74. The fourth-order valence-corrected chi connectivity index (χ4v) is 3.98. The average Bonchev–Trinajstić information content (AvgIpc) is 3.16. The molecule has 0 saturated heterocycles. The Morgan fingerprint density at radius 3 is 2.64 bits per heavy atom. The van der Waals surface area contributed by atoms with Gasteiger partial charge in [0.1, 0.15) is 17.3 Å². The van der Waals surface area contributed by atoms with Crippen molar-refractivity contribution in [2.45, 2.75) is 6.42 Å². The van der Waals surface area contributed by atoms with Crippen LogP contribution in [0.25, 0.3) is 16.9 Å². The van der Waals surface area contributed by atoms with Crippen LogP contribution in [-0.2, 0) is 6.42 Å². The molecule has 7 heteroatoms. The van der Waals surface area contributed by atoms with E-state index in [2.05, 4.69) is 21.2 Å². The minimum absolute atomic E-state index is 0.575. The van der Waals surface area contributed by atoms with E-state index in [4.69, 9.17) is 33.0 Å². The molecule has 0 aliphatic carbocycles. The quantitative estimate of drug-likeness (QED) is 0.579. The highest BCUT2D eigenvalue weighted by atomic mass is 79.9. The number of hydrogen-bond acceptors (Lipinski definition) is 3. The third-order valence-corrected chi connectivity index (χ3v) is 5.09. The van der Waals surface area contributed by atoms with Crippen molar-refractivity contribution < 1.29 is 4.74 Å². The number of nitrogens with zero attached hydrogens (tertiary/aromatic N) is 2. The first-order valence-electron chi connectivity index (χ1n) is 7.73. The zero-order valence-corrected chi connectivity index (χ0v) is 16.4. The highest BCUT2D eigenvalue weighted by Crippen LogP contribution is 2.40. The molecule has 4 nitrogen and oxygen atoms in total. The maximum atomic E-state index is 6.17. The first-order chi connectivity index (χ1) is 12.1. The number of aromatic nitrogens is 2. The van der Waals surface area contributed by atoms with E-state index < -0.39 is 0 Å². The molecule has 0 amide bonds. The largest absolute Gasteiger partial charge is 0.496 e. The summed E-state index contributed by atoms with van der Waals surface area (Å²) in [7, 11) is 1.67. The van der Waals surface area contributed by atoms with Crippen LogP contribution in [0.1, 0.15) is 5.56 Å². The summed E-state index contributed by atoms with van der Waals surface area (Å²) >= 11 is 15.9. The number of methoxy groups -OCH3 is 1. The molecule has 25 heavy (non-hydrogen) atoms. The topological polar surface area (TPSA) is 39.1 Å². The van der Waals surface area contributed by atoms with Crippen molar-refractivity contribution >= 4 is 44.9 Å². The number of hydrogen-bond donors (Lipinski definition) is 1. The van der Waals surface area contributed by atoms with Crippen molar-refractivity contribution in [3.8, 4) is 22.7 Å². The van der Waals surface area contributed by atoms with Gasteiger partial charge in [-0.1, -0.05) is 39.1 Å². The Balaban J connectivity index is 1.94. The Labute approximate surface area is 163 Å². The minimum Gasteiger partial charge on any atom is -0.496 e. The third-order valence-electron chi connectivity index (χ3n) is 4.16. The molecule has 3 aromatic rings. The van der Waals surface area contributed by atoms with Gasteiger partial charge in [0.05, 0.1) is 12.8 Å². The first-order valence-corrected chi connectivity index (χ1v) is 9.28. The summed E-state index contributed by atoms with van der Waals surface area (Å²) in [6.45, 7) is 0.866. The maximum Gasteiger partial charge on any atom is 0.133 e. The number of ether oxygens (including phenoxy) is 1. The van der Waals surface area contributed by atoms with Crippen molar-refractivity contribution in [3.05, 3.63) is 56.5 Å².